The fourth-order valence-electron chi connectivity index (χ4n) is 3.42. The Kier molecular flexibility index (Phi) is 5.14. The molecule has 1 N–H and O–H groups in total. The maximum Gasteiger partial charge on any atom is 0.255 e. The summed E-state index contributed by atoms with van der Waals surface area (Å²) in [5, 5.41) is 3.35. The summed E-state index contributed by atoms with van der Waals surface area (Å²) in [7, 11) is -3.40. The van der Waals surface area contributed by atoms with E-state index in [4.69, 9.17) is 0 Å². The Morgan fingerprint density at radius 2 is 1.86 bits per heavy atom. The lowest BCUT2D eigenvalue weighted by atomic mass is 10.1. The lowest BCUT2D eigenvalue weighted by Crippen LogP contribution is -2.42. The number of nitrogens with zero attached hydrogens (tertiary/aromatic N) is 1. The second kappa shape index (κ2) is 6.56. The highest BCUT2D eigenvalue weighted by Crippen LogP contribution is 2.30. The predicted octanol–water partition coefficient (Wildman–Crippen LogP) is 1.48. The van der Waals surface area contributed by atoms with E-state index < -0.39 is 9.84 Å². The van der Waals surface area contributed by atoms with Gasteiger partial charge in [-0.25, -0.2) is 8.42 Å². The van der Waals surface area contributed by atoms with Crippen molar-refractivity contribution in [3.63, 3.8) is 0 Å². The van der Waals surface area contributed by atoms with Crippen LogP contribution in [0.25, 0.3) is 0 Å². The highest BCUT2D eigenvalue weighted by atomic mass is 35.5. The highest BCUT2D eigenvalue weighted by Gasteiger charge is 2.39. The van der Waals surface area contributed by atoms with Crippen LogP contribution in [0.3, 0.4) is 0 Å². The summed E-state index contributed by atoms with van der Waals surface area (Å²) in [5.74, 6) is -0.146. The van der Waals surface area contributed by atoms with Crippen LogP contribution in [0.4, 0.5) is 0 Å². The van der Waals surface area contributed by atoms with E-state index in [1.54, 1.807) is 18.2 Å². The van der Waals surface area contributed by atoms with Gasteiger partial charge in [0, 0.05) is 24.9 Å². The van der Waals surface area contributed by atoms with Crippen LogP contribution in [0.5, 0.6) is 0 Å². The molecule has 5 nitrogen and oxygen atoms in total. The molecular weight excluding hydrogens is 324 g/mol. The molecule has 1 amide bonds. The van der Waals surface area contributed by atoms with Crippen LogP contribution in [-0.4, -0.2) is 50.7 Å². The van der Waals surface area contributed by atoms with Gasteiger partial charge in [0.25, 0.3) is 5.91 Å². The smallest absolute Gasteiger partial charge is 0.255 e. The number of carbonyl (C=O) groups excluding carboxylic acids is 1. The van der Waals surface area contributed by atoms with E-state index in [1.807, 2.05) is 4.90 Å². The van der Waals surface area contributed by atoms with Crippen molar-refractivity contribution in [2.75, 3.05) is 19.3 Å². The fraction of sp³-hybridized carbons (Fsp3) is 0.533. The van der Waals surface area contributed by atoms with Gasteiger partial charge in [0.05, 0.1) is 10.5 Å². The van der Waals surface area contributed by atoms with Crippen molar-refractivity contribution in [1.82, 2.24) is 10.2 Å². The van der Waals surface area contributed by atoms with E-state index in [9.17, 15) is 13.2 Å². The van der Waals surface area contributed by atoms with Gasteiger partial charge >= 0.3 is 0 Å². The summed E-state index contributed by atoms with van der Waals surface area (Å²) < 4.78 is 23.8. The van der Waals surface area contributed by atoms with Crippen LogP contribution in [-0.2, 0) is 9.84 Å². The number of fused-ring (bicyclic) bond motifs is 2. The zero-order chi connectivity index (χ0) is 15.0. The average Bonchev–Trinajstić information content (AvgIpc) is 2.70. The maximum atomic E-state index is 12.9. The molecule has 2 bridgehead atoms. The van der Waals surface area contributed by atoms with E-state index in [0.29, 0.717) is 5.56 Å². The number of amides is 1. The van der Waals surface area contributed by atoms with Gasteiger partial charge in [-0.3, -0.25) is 4.79 Å². The maximum absolute atomic E-state index is 12.9. The molecule has 0 saturated carbocycles. The summed E-state index contributed by atoms with van der Waals surface area (Å²) in [4.78, 5) is 15.0. The molecule has 2 fully saturated rings. The monoisotopic (exact) mass is 344 g/mol. The molecule has 1 aromatic carbocycles. The first-order chi connectivity index (χ1) is 9.98. The summed E-state index contributed by atoms with van der Waals surface area (Å²) in [6.07, 6.45) is 4.09. The second-order valence-corrected chi connectivity index (χ2v) is 7.84. The molecule has 0 radical (unpaired) electrons. The quantitative estimate of drug-likeness (QED) is 0.882. The fourth-order valence-corrected chi connectivity index (χ4v) is 4.30. The van der Waals surface area contributed by atoms with Crippen molar-refractivity contribution in [2.45, 2.75) is 36.2 Å². The largest absolute Gasteiger partial charge is 0.331 e. The van der Waals surface area contributed by atoms with Gasteiger partial charge in [0.2, 0.25) is 0 Å². The first-order valence-corrected chi connectivity index (χ1v) is 9.20. The Morgan fingerprint density at radius 3 is 2.59 bits per heavy atom. The van der Waals surface area contributed by atoms with Crippen molar-refractivity contribution in [1.29, 1.82) is 0 Å². The van der Waals surface area contributed by atoms with E-state index in [1.165, 1.54) is 6.07 Å². The van der Waals surface area contributed by atoms with Crippen LogP contribution < -0.4 is 5.32 Å². The average molecular weight is 345 g/mol. The van der Waals surface area contributed by atoms with E-state index in [-0.39, 0.29) is 35.3 Å². The second-order valence-electron chi connectivity index (χ2n) is 5.86. The van der Waals surface area contributed by atoms with Gasteiger partial charge in [0.15, 0.2) is 9.84 Å². The molecule has 0 aromatic heterocycles. The van der Waals surface area contributed by atoms with Crippen LogP contribution >= 0.6 is 12.4 Å². The van der Waals surface area contributed by atoms with Crippen LogP contribution in [0, 0.1) is 0 Å². The number of nitrogens with one attached hydrogen (secondary N) is 1. The third-order valence-corrected chi connectivity index (χ3v) is 5.56. The minimum absolute atomic E-state index is 0. The van der Waals surface area contributed by atoms with Gasteiger partial charge in [-0.15, -0.1) is 12.4 Å². The standard InChI is InChI=1S/C15H20N2O3S.ClH/c1-21(19,20)14-5-3-2-4-13(14)15(18)17-11-6-7-12(17)10-16-9-8-11;/h2-5,11-12,16H,6-10H2,1H3;1H. The van der Waals surface area contributed by atoms with Crippen molar-refractivity contribution < 1.29 is 13.2 Å². The Bertz CT molecular complexity index is 649. The van der Waals surface area contributed by atoms with E-state index >= 15 is 0 Å². The van der Waals surface area contributed by atoms with Gasteiger partial charge in [-0.05, 0) is 37.9 Å². The molecule has 2 atom stereocenters. The molecule has 3 rings (SSSR count). The normalized spacial score (nSPS) is 24.5. The van der Waals surface area contributed by atoms with Crippen LogP contribution in [0.2, 0.25) is 0 Å². The Morgan fingerprint density at radius 1 is 1.18 bits per heavy atom. The molecular formula is C15H21ClN2O3S. The zero-order valence-electron chi connectivity index (χ0n) is 12.5. The molecule has 122 valence electrons. The molecule has 2 aliphatic rings. The van der Waals surface area contributed by atoms with Gasteiger partial charge in [-0.2, -0.15) is 0 Å². The predicted molar refractivity (Wildman–Crippen MR) is 87.3 cm³/mol. The van der Waals surface area contributed by atoms with E-state index in [2.05, 4.69) is 5.32 Å². The number of benzene rings is 1. The topological polar surface area (TPSA) is 66.5 Å². The van der Waals surface area contributed by atoms with Gasteiger partial charge < -0.3 is 10.2 Å². The lowest BCUT2D eigenvalue weighted by molar-refractivity contribution is 0.0676. The SMILES string of the molecule is CS(=O)(=O)c1ccccc1C(=O)N1C2CCNCC1CC2.Cl. The highest BCUT2D eigenvalue weighted by molar-refractivity contribution is 7.90. The molecule has 2 unspecified atom stereocenters. The van der Waals surface area contributed by atoms with Crippen molar-refractivity contribution >= 4 is 28.2 Å². The molecule has 7 heteroatoms. The molecule has 2 saturated heterocycles. The minimum atomic E-state index is -3.40. The van der Waals surface area contributed by atoms with Crippen molar-refractivity contribution in [3.05, 3.63) is 29.8 Å². The number of rotatable bonds is 2. The molecule has 22 heavy (non-hydrogen) atoms. The molecule has 2 heterocycles. The summed E-state index contributed by atoms with van der Waals surface area (Å²) >= 11 is 0. The van der Waals surface area contributed by atoms with Crippen molar-refractivity contribution in [3.8, 4) is 0 Å². The number of hydrogen-bond acceptors (Lipinski definition) is 4. The van der Waals surface area contributed by atoms with E-state index in [0.717, 1.165) is 38.6 Å². The Labute approximate surface area is 137 Å². The summed E-state index contributed by atoms with van der Waals surface area (Å²) in [5.41, 5.74) is 0.304. The first kappa shape index (κ1) is 17.2. The van der Waals surface area contributed by atoms with Crippen molar-refractivity contribution in [2.24, 2.45) is 0 Å². The number of sulfone groups is 1. The minimum Gasteiger partial charge on any atom is -0.331 e. The lowest BCUT2D eigenvalue weighted by Gasteiger charge is -2.28. The third kappa shape index (κ3) is 3.14. The third-order valence-electron chi connectivity index (χ3n) is 4.41. The van der Waals surface area contributed by atoms with Crippen LogP contribution in [0.15, 0.2) is 29.2 Å². The number of carbonyl (C=O) groups is 1. The van der Waals surface area contributed by atoms with Gasteiger partial charge in [0.1, 0.15) is 0 Å². The molecule has 2 aliphatic heterocycles. The molecule has 0 aliphatic carbocycles. The first-order valence-electron chi connectivity index (χ1n) is 7.31. The Balaban J connectivity index is 0.00000176. The number of hydrogen-bond donors (Lipinski definition) is 1. The summed E-state index contributed by atoms with van der Waals surface area (Å²) in [6.45, 7) is 1.71. The molecule has 1 aromatic rings. The Hall–Kier alpha value is -1.11. The van der Waals surface area contributed by atoms with Gasteiger partial charge in [-0.1, -0.05) is 12.1 Å². The number of halogens is 1. The molecule has 0 spiro atoms. The zero-order valence-corrected chi connectivity index (χ0v) is 14.1. The summed E-state index contributed by atoms with van der Waals surface area (Å²) in [6, 6.07) is 6.92. The van der Waals surface area contributed by atoms with Crippen LogP contribution in [0.1, 0.15) is 29.6 Å².